The molecule has 1 amide bonds. The standard InChI is InChI=1S/C18H28N2O/c1-12(2)15-8-5-9-16(13(3)4)17(15)20-18(21)14-7-6-10-19-11-14/h5,8-9,12-14,19H,6-7,10-11H2,1-4H3,(H,20,21). The van der Waals surface area contributed by atoms with Crippen LogP contribution in [-0.2, 0) is 4.79 Å². The zero-order valence-corrected chi connectivity index (χ0v) is 13.7. The second-order valence-corrected chi connectivity index (χ2v) is 6.65. The van der Waals surface area contributed by atoms with Crippen LogP contribution in [0.3, 0.4) is 0 Å². The highest BCUT2D eigenvalue weighted by atomic mass is 16.1. The Morgan fingerprint density at radius 1 is 1.19 bits per heavy atom. The van der Waals surface area contributed by atoms with Crippen LogP contribution in [0.1, 0.15) is 63.5 Å². The third-order valence-corrected chi connectivity index (χ3v) is 4.29. The average molecular weight is 288 g/mol. The molecule has 0 spiro atoms. The highest BCUT2D eigenvalue weighted by Crippen LogP contribution is 2.32. The fraction of sp³-hybridized carbons (Fsp3) is 0.611. The van der Waals surface area contributed by atoms with Gasteiger partial charge >= 0.3 is 0 Å². The summed E-state index contributed by atoms with van der Waals surface area (Å²) in [7, 11) is 0. The third kappa shape index (κ3) is 3.85. The summed E-state index contributed by atoms with van der Waals surface area (Å²) in [5, 5.41) is 6.55. The highest BCUT2D eigenvalue weighted by molar-refractivity contribution is 5.94. The first-order chi connectivity index (χ1) is 10.0. The molecule has 1 aliphatic rings. The van der Waals surface area contributed by atoms with Crippen LogP contribution in [0.2, 0.25) is 0 Å². The molecule has 1 aromatic carbocycles. The molecule has 1 aromatic rings. The first kappa shape index (κ1) is 16.0. The molecule has 3 nitrogen and oxygen atoms in total. The van der Waals surface area contributed by atoms with E-state index in [1.54, 1.807) is 0 Å². The molecule has 2 N–H and O–H groups in total. The number of carbonyl (C=O) groups excluding carboxylic acids is 1. The molecule has 1 unspecified atom stereocenters. The van der Waals surface area contributed by atoms with Crippen molar-refractivity contribution in [2.45, 2.75) is 52.4 Å². The molecule has 1 saturated heterocycles. The normalized spacial score (nSPS) is 19.0. The van der Waals surface area contributed by atoms with E-state index in [4.69, 9.17) is 0 Å². The molecule has 21 heavy (non-hydrogen) atoms. The van der Waals surface area contributed by atoms with Crippen LogP contribution in [0.25, 0.3) is 0 Å². The van der Waals surface area contributed by atoms with Crippen molar-refractivity contribution in [1.29, 1.82) is 0 Å². The number of rotatable bonds is 4. The lowest BCUT2D eigenvalue weighted by molar-refractivity contribution is -0.120. The molecule has 1 aliphatic heterocycles. The number of carbonyl (C=O) groups is 1. The van der Waals surface area contributed by atoms with Crippen LogP contribution >= 0.6 is 0 Å². The van der Waals surface area contributed by atoms with Crippen molar-refractivity contribution in [3.8, 4) is 0 Å². The number of amides is 1. The SMILES string of the molecule is CC(C)c1cccc(C(C)C)c1NC(=O)C1CCCNC1. The maximum absolute atomic E-state index is 12.6. The summed E-state index contributed by atoms with van der Waals surface area (Å²) in [6.07, 6.45) is 2.07. The van der Waals surface area contributed by atoms with Gasteiger partial charge in [-0.1, -0.05) is 45.9 Å². The van der Waals surface area contributed by atoms with E-state index in [0.717, 1.165) is 31.6 Å². The number of benzene rings is 1. The molecule has 1 heterocycles. The van der Waals surface area contributed by atoms with E-state index in [1.807, 2.05) is 0 Å². The molecular formula is C18H28N2O. The van der Waals surface area contributed by atoms with Gasteiger partial charge in [0.15, 0.2) is 0 Å². The van der Waals surface area contributed by atoms with E-state index in [1.165, 1.54) is 11.1 Å². The molecule has 3 heteroatoms. The van der Waals surface area contributed by atoms with Crippen LogP contribution in [0.5, 0.6) is 0 Å². The summed E-state index contributed by atoms with van der Waals surface area (Å²) < 4.78 is 0. The minimum absolute atomic E-state index is 0.0963. The molecule has 0 radical (unpaired) electrons. The fourth-order valence-corrected chi connectivity index (χ4v) is 3.00. The molecule has 2 rings (SSSR count). The van der Waals surface area contributed by atoms with E-state index in [9.17, 15) is 4.79 Å². The Bertz CT molecular complexity index is 462. The second-order valence-electron chi connectivity index (χ2n) is 6.65. The number of nitrogens with one attached hydrogen (secondary N) is 2. The number of para-hydroxylation sites is 1. The van der Waals surface area contributed by atoms with Gasteiger partial charge < -0.3 is 10.6 Å². The van der Waals surface area contributed by atoms with Crippen molar-refractivity contribution in [3.05, 3.63) is 29.3 Å². The predicted octanol–water partition coefficient (Wildman–Crippen LogP) is 3.87. The molecule has 0 aliphatic carbocycles. The summed E-state index contributed by atoms with van der Waals surface area (Å²) in [6, 6.07) is 6.36. The van der Waals surface area contributed by atoms with Crippen LogP contribution in [-0.4, -0.2) is 19.0 Å². The lowest BCUT2D eigenvalue weighted by Crippen LogP contribution is -2.37. The molecule has 1 atom stereocenters. The van der Waals surface area contributed by atoms with E-state index in [2.05, 4.69) is 56.5 Å². The quantitative estimate of drug-likeness (QED) is 0.883. The van der Waals surface area contributed by atoms with Gasteiger partial charge in [0.05, 0.1) is 5.92 Å². The molecule has 0 saturated carbocycles. The first-order valence-corrected chi connectivity index (χ1v) is 8.15. The zero-order chi connectivity index (χ0) is 15.4. The van der Waals surface area contributed by atoms with Crippen LogP contribution < -0.4 is 10.6 Å². The minimum Gasteiger partial charge on any atom is -0.325 e. The van der Waals surface area contributed by atoms with Gasteiger partial charge in [0.1, 0.15) is 0 Å². The molecular weight excluding hydrogens is 260 g/mol. The lowest BCUT2D eigenvalue weighted by atomic mass is 9.91. The van der Waals surface area contributed by atoms with E-state index in [0.29, 0.717) is 11.8 Å². The van der Waals surface area contributed by atoms with Crippen molar-refractivity contribution in [2.75, 3.05) is 18.4 Å². The van der Waals surface area contributed by atoms with Crippen molar-refractivity contribution < 1.29 is 4.79 Å². The highest BCUT2D eigenvalue weighted by Gasteiger charge is 2.23. The summed E-state index contributed by atoms with van der Waals surface area (Å²) in [6.45, 7) is 10.5. The Morgan fingerprint density at radius 2 is 1.81 bits per heavy atom. The van der Waals surface area contributed by atoms with Gasteiger partial charge in [-0.15, -0.1) is 0 Å². The number of anilines is 1. The van der Waals surface area contributed by atoms with Gasteiger partial charge in [-0.2, -0.15) is 0 Å². The smallest absolute Gasteiger partial charge is 0.228 e. The number of piperidine rings is 1. The maximum atomic E-state index is 12.6. The van der Waals surface area contributed by atoms with Gasteiger partial charge in [-0.25, -0.2) is 0 Å². The summed E-state index contributed by atoms with van der Waals surface area (Å²) in [5.74, 6) is 1.07. The number of hydrogen-bond donors (Lipinski definition) is 2. The van der Waals surface area contributed by atoms with E-state index >= 15 is 0 Å². The summed E-state index contributed by atoms with van der Waals surface area (Å²) >= 11 is 0. The summed E-state index contributed by atoms with van der Waals surface area (Å²) in [5.41, 5.74) is 3.51. The van der Waals surface area contributed by atoms with E-state index < -0.39 is 0 Å². The first-order valence-electron chi connectivity index (χ1n) is 8.15. The largest absolute Gasteiger partial charge is 0.325 e. The molecule has 116 valence electrons. The van der Waals surface area contributed by atoms with Crippen molar-refractivity contribution >= 4 is 11.6 Å². The lowest BCUT2D eigenvalue weighted by Gasteiger charge is -2.25. The Morgan fingerprint density at radius 3 is 2.29 bits per heavy atom. The predicted molar refractivity (Wildman–Crippen MR) is 88.8 cm³/mol. The Hall–Kier alpha value is -1.35. The van der Waals surface area contributed by atoms with Gasteiger partial charge in [0.2, 0.25) is 5.91 Å². The van der Waals surface area contributed by atoms with Gasteiger partial charge in [0.25, 0.3) is 0 Å². The Balaban J connectivity index is 2.26. The third-order valence-electron chi connectivity index (χ3n) is 4.29. The van der Waals surface area contributed by atoms with Crippen molar-refractivity contribution in [1.82, 2.24) is 5.32 Å². The van der Waals surface area contributed by atoms with Gasteiger partial charge in [0, 0.05) is 12.2 Å². The van der Waals surface area contributed by atoms with Crippen molar-refractivity contribution in [2.24, 2.45) is 5.92 Å². The van der Waals surface area contributed by atoms with E-state index in [-0.39, 0.29) is 11.8 Å². The minimum atomic E-state index is 0.0963. The van der Waals surface area contributed by atoms with Crippen molar-refractivity contribution in [3.63, 3.8) is 0 Å². The fourth-order valence-electron chi connectivity index (χ4n) is 3.00. The number of hydrogen-bond acceptors (Lipinski definition) is 2. The topological polar surface area (TPSA) is 41.1 Å². The second kappa shape index (κ2) is 7.08. The molecule has 0 bridgehead atoms. The molecule has 0 aromatic heterocycles. The van der Waals surface area contributed by atoms with Gasteiger partial charge in [-0.3, -0.25) is 4.79 Å². The Labute approximate surface area is 128 Å². The summed E-state index contributed by atoms with van der Waals surface area (Å²) in [4.78, 5) is 12.6. The average Bonchev–Trinajstić information content (AvgIpc) is 2.47. The van der Waals surface area contributed by atoms with Gasteiger partial charge in [-0.05, 0) is 42.3 Å². The van der Waals surface area contributed by atoms with Crippen LogP contribution in [0.4, 0.5) is 5.69 Å². The Kier molecular flexibility index (Phi) is 5.40. The van der Waals surface area contributed by atoms with Crippen LogP contribution in [0.15, 0.2) is 18.2 Å². The maximum Gasteiger partial charge on any atom is 0.228 e. The zero-order valence-electron chi connectivity index (χ0n) is 13.7. The van der Waals surface area contributed by atoms with Crippen LogP contribution in [0, 0.1) is 5.92 Å². The monoisotopic (exact) mass is 288 g/mol. The molecule has 1 fully saturated rings.